The average molecular weight is 224 g/mol. The highest BCUT2D eigenvalue weighted by Gasteiger charge is 2.20. The molecule has 0 saturated carbocycles. The first-order chi connectivity index (χ1) is 7.41. The van der Waals surface area contributed by atoms with Crippen molar-refractivity contribution in [2.45, 2.75) is 6.92 Å². The molecule has 1 aromatic carbocycles. The van der Waals surface area contributed by atoms with Gasteiger partial charge in [-0.25, -0.2) is 4.79 Å². The van der Waals surface area contributed by atoms with Crippen molar-refractivity contribution in [3.8, 4) is 0 Å². The number of amides is 1. The third kappa shape index (κ3) is 2.53. The molecule has 0 bridgehead atoms. The Kier molecular flexibility index (Phi) is 3.19. The summed E-state index contributed by atoms with van der Waals surface area (Å²) in [6.07, 6.45) is 0. The highest BCUT2D eigenvalue weighted by atomic mass is 16.6. The van der Waals surface area contributed by atoms with Crippen LogP contribution in [0, 0.1) is 10.1 Å². The zero-order valence-electron chi connectivity index (χ0n) is 8.26. The molecular weight excluding hydrogens is 216 g/mol. The number of nitro groups is 1. The smallest absolute Gasteiger partial charge is 0.342 e. The maximum absolute atomic E-state index is 10.7. The van der Waals surface area contributed by atoms with Gasteiger partial charge in [0.25, 0.3) is 5.69 Å². The Bertz CT molecular complexity index is 469. The Hall–Kier alpha value is -2.44. The fourth-order valence-corrected chi connectivity index (χ4v) is 1.14. The van der Waals surface area contributed by atoms with Gasteiger partial charge in [-0.2, -0.15) is 0 Å². The van der Waals surface area contributed by atoms with Crippen LogP contribution in [0.5, 0.6) is 0 Å². The molecule has 84 valence electrons. The number of carbonyl (C=O) groups excluding carboxylic acids is 1. The van der Waals surface area contributed by atoms with Gasteiger partial charge in [0.15, 0.2) is 0 Å². The fourth-order valence-electron chi connectivity index (χ4n) is 1.14. The summed E-state index contributed by atoms with van der Waals surface area (Å²) in [5, 5.41) is 21.6. The number of nitrogens with zero attached hydrogens (tertiary/aromatic N) is 1. The lowest BCUT2D eigenvalue weighted by Crippen LogP contribution is -2.08. The van der Waals surface area contributed by atoms with E-state index in [0.717, 1.165) is 12.1 Å². The molecule has 0 unspecified atom stereocenters. The highest BCUT2D eigenvalue weighted by Crippen LogP contribution is 2.23. The van der Waals surface area contributed by atoms with Crippen LogP contribution in [0.4, 0.5) is 11.4 Å². The van der Waals surface area contributed by atoms with Crippen LogP contribution in [0.25, 0.3) is 0 Å². The summed E-state index contributed by atoms with van der Waals surface area (Å²) < 4.78 is 0. The average Bonchev–Trinajstić information content (AvgIpc) is 2.16. The number of nitrogens with one attached hydrogen (secondary N) is 1. The predicted octanol–water partition coefficient (Wildman–Crippen LogP) is 1.25. The van der Waals surface area contributed by atoms with E-state index in [4.69, 9.17) is 5.11 Å². The van der Waals surface area contributed by atoms with Gasteiger partial charge in [0.05, 0.1) is 4.92 Å². The van der Waals surface area contributed by atoms with Crippen LogP contribution in [0.15, 0.2) is 18.2 Å². The van der Waals surface area contributed by atoms with E-state index in [1.807, 2.05) is 0 Å². The molecule has 0 radical (unpaired) electrons. The van der Waals surface area contributed by atoms with E-state index < -0.39 is 28.1 Å². The lowest BCUT2D eigenvalue weighted by molar-refractivity contribution is -0.385. The molecule has 0 aliphatic rings. The minimum Gasteiger partial charge on any atom is -0.477 e. The van der Waals surface area contributed by atoms with Gasteiger partial charge in [-0.3, -0.25) is 14.9 Å². The summed E-state index contributed by atoms with van der Waals surface area (Å²) in [5.74, 6) is -1.78. The Morgan fingerprint density at radius 2 is 2.06 bits per heavy atom. The Morgan fingerprint density at radius 3 is 2.50 bits per heavy atom. The van der Waals surface area contributed by atoms with Crippen molar-refractivity contribution < 1.29 is 19.6 Å². The molecule has 0 heterocycles. The van der Waals surface area contributed by atoms with Crippen molar-refractivity contribution in [2.75, 3.05) is 5.32 Å². The van der Waals surface area contributed by atoms with Crippen LogP contribution in [0.3, 0.4) is 0 Å². The SMILES string of the molecule is CC(=O)Nc1ccc(C(=O)O)c([N+](=O)[O-])c1. The van der Waals surface area contributed by atoms with E-state index in [9.17, 15) is 19.7 Å². The number of hydrogen-bond acceptors (Lipinski definition) is 4. The zero-order valence-corrected chi connectivity index (χ0v) is 8.26. The predicted molar refractivity (Wildman–Crippen MR) is 54.4 cm³/mol. The lowest BCUT2D eigenvalue weighted by Gasteiger charge is -2.03. The third-order valence-corrected chi connectivity index (χ3v) is 1.75. The molecule has 2 N–H and O–H groups in total. The number of rotatable bonds is 3. The molecule has 7 heteroatoms. The van der Waals surface area contributed by atoms with Gasteiger partial charge in [0.2, 0.25) is 5.91 Å². The topological polar surface area (TPSA) is 110 Å². The van der Waals surface area contributed by atoms with Gasteiger partial charge in [-0.15, -0.1) is 0 Å². The van der Waals surface area contributed by atoms with Crippen LogP contribution in [0.1, 0.15) is 17.3 Å². The monoisotopic (exact) mass is 224 g/mol. The third-order valence-electron chi connectivity index (χ3n) is 1.75. The summed E-state index contributed by atoms with van der Waals surface area (Å²) in [4.78, 5) is 31.2. The zero-order chi connectivity index (χ0) is 12.3. The fraction of sp³-hybridized carbons (Fsp3) is 0.111. The summed E-state index contributed by atoms with van der Waals surface area (Å²) in [6, 6.07) is 3.37. The van der Waals surface area contributed by atoms with Crippen molar-refractivity contribution in [1.82, 2.24) is 0 Å². The molecule has 0 atom stereocenters. The van der Waals surface area contributed by atoms with E-state index >= 15 is 0 Å². The van der Waals surface area contributed by atoms with Crippen LogP contribution in [0.2, 0.25) is 0 Å². The van der Waals surface area contributed by atoms with Gasteiger partial charge in [-0.1, -0.05) is 0 Å². The molecule has 1 rings (SSSR count). The molecule has 7 nitrogen and oxygen atoms in total. The van der Waals surface area contributed by atoms with Gasteiger partial charge in [0.1, 0.15) is 5.56 Å². The first-order valence-corrected chi connectivity index (χ1v) is 4.21. The number of carboxylic acids is 1. The molecule has 0 aromatic heterocycles. The minimum atomic E-state index is -1.39. The first-order valence-electron chi connectivity index (χ1n) is 4.21. The Morgan fingerprint density at radius 1 is 1.44 bits per heavy atom. The minimum absolute atomic E-state index is 0.184. The second-order valence-electron chi connectivity index (χ2n) is 2.98. The molecular formula is C9H8N2O5. The summed E-state index contributed by atoms with van der Waals surface area (Å²) in [7, 11) is 0. The van der Waals surface area contributed by atoms with Gasteiger partial charge in [-0.05, 0) is 12.1 Å². The van der Waals surface area contributed by atoms with Gasteiger partial charge in [0, 0.05) is 18.7 Å². The van der Waals surface area contributed by atoms with E-state index in [0.29, 0.717) is 0 Å². The van der Waals surface area contributed by atoms with Crippen molar-refractivity contribution in [3.63, 3.8) is 0 Å². The van der Waals surface area contributed by atoms with Gasteiger partial charge < -0.3 is 10.4 Å². The quantitative estimate of drug-likeness (QED) is 0.593. The van der Waals surface area contributed by atoms with Crippen LogP contribution in [-0.2, 0) is 4.79 Å². The molecule has 0 spiro atoms. The summed E-state index contributed by atoms with van der Waals surface area (Å²) in [5.41, 5.74) is -0.790. The second kappa shape index (κ2) is 4.39. The van der Waals surface area contributed by atoms with E-state index in [-0.39, 0.29) is 5.69 Å². The second-order valence-corrected chi connectivity index (χ2v) is 2.98. The molecule has 1 amide bonds. The lowest BCUT2D eigenvalue weighted by atomic mass is 10.1. The normalized spacial score (nSPS) is 9.56. The molecule has 0 saturated heterocycles. The number of hydrogen-bond donors (Lipinski definition) is 2. The summed E-state index contributed by atoms with van der Waals surface area (Å²) >= 11 is 0. The molecule has 1 aromatic rings. The van der Waals surface area contributed by atoms with Crippen molar-refractivity contribution in [1.29, 1.82) is 0 Å². The number of carboxylic acid groups (broad SMARTS) is 1. The molecule has 0 aliphatic carbocycles. The largest absolute Gasteiger partial charge is 0.477 e. The van der Waals surface area contributed by atoms with E-state index in [1.165, 1.54) is 13.0 Å². The van der Waals surface area contributed by atoms with Crippen LogP contribution < -0.4 is 5.32 Å². The number of anilines is 1. The van der Waals surface area contributed by atoms with Crippen LogP contribution >= 0.6 is 0 Å². The maximum atomic E-state index is 10.7. The van der Waals surface area contributed by atoms with Crippen LogP contribution in [-0.4, -0.2) is 21.9 Å². The molecule has 0 fully saturated rings. The van der Waals surface area contributed by atoms with Crippen molar-refractivity contribution >= 4 is 23.3 Å². The highest BCUT2D eigenvalue weighted by molar-refractivity contribution is 5.95. The summed E-state index contributed by atoms with van der Waals surface area (Å²) in [6.45, 7) is 1.25. The van der Waals surface area contributed by atoms with E-state index in [1.54, 1.807) is 0 Å². The number of carbonyl (C=O) groups is 2. The maximum Gasteiger partial charge on any atom is 0.342 e. The number of nitro benzene ring substituents is 1. The molecule has 16 heavy (non-hydrogen) atoms. The Labute approximate surface area is 89.8 Å². The number of aromatic carboxylic acids is 1. The number of benzene rings is 1. The first kappa shape index (κ1) is 11.6. The van der Waals surface area contributed by atoms with Gasteiger partial charge >= 0.3 is 5.97 Å². The van der Waals surface area contributed by atoms with Crippen molar-refractivity contribution in [2.24, 2.45) is 0 Å². The molecule has 0 aliphatic heterocycles. The van der Waals surface area contributed by atoms with E-state index in [2.05, 4.69) is 5.32 Å². The standard InChI is InChI=1S/C9H8N2O5/c1-5(12)10-6-2-3-7(9(13)14)8(4-6)11(15)16/h2-4H,1H3,(H,10,12)(H,13,14). The van der Waals surface area contributed by atoms with Crippen molar-refractivity contribution in [3.05, 3.63) is 33.9 Å². The Balaban J connectivity index is 3.22.